The lowest BCUT2D eigenvalue weighted by molar-refractivity contribution is 0.528. The van der Waals surface area contributed by atoms with E-state index in [1.54, 1.807) is 17.8 Å². The van der Waals surface area contributed by atoms with E-state index in [0.29, 0.717) is 22.6 Å². The molecule has 2 heterocycles. The van der Waals surface area contributed by atoms with E-state index in [4.69, 9.17) is 16.0 Å². The topological polar surface area (TPSA) is 51.8 Å². The van der Waals surface area contributed by atoms with Crippen molar-refractivity contribution in [3.05, 3.63) is 71.6 Å². The van der Waals surface area contributed by atoms with Crippen LogP contribution in [0.4, 0.5) is 0 Å². The number of rotatable bonds is 4. The van der Waals surface area contributed by atoms with E-state index in [1.165, 1.54) is 0 Å². The van der Waals surface area contributed by atoms with E-state index in [2.05, 4.69) is 21.2 Å². The van der Waals surface area contributed by atoms with Gasteiger partial charge in [0.2, 0.25) is 11.8 Å². The van der Waals surface area contributed by atoms with Crippen LogP contribution in [0.25, 0.3) is 22.4 Å². The molecule has 0 unspecified atom stereocenters. The van der Waals surface area contributed by atoms with Gasteiger partial charge in [0, 0.05) is 5.39 Å². The van der Waals surface area contributed by atoms with Gasteiger partial charge in [0.1, 0.15) is 0 Å². The van der Waals surface area contributed by atoms with Gasteiger partial charge in [-0.05, 0) is 24.3 Å². The molecular weight excluding hydrogens is 342 g/mol. The Balaban J connectivity index is 1.51. The van der Waals surface area contributed by atoms with Gasteiger partial charge < -0.3 is 4.42 Å². The van der Waals surface area contributed by atoms with Crippen LogP contribution < -0.4 is 0 Å². The lowest BCUT2D eigenvalue weighted by atomic mass is 10.2. The number of thioether (sulfide) groups is 1. The third-order valence-corrected chi connectivity index (χ3v) is 4.73. The molecule has 2 aromatic carbocycles. The van der Waals surface area contributed by atoms with Crippen molar-refractivity contribution in [1.29, 1.82) is 0 Å². The molecule has 0 fully saturated rings. The van der Waals surface area contributed by atoms with Crippen molar-refractivity contribution >= 4 is 34.3 Å². The molecule has 0 aliphatic carbocycles. The van der Waals surface area contributed by atoms with Crippen LogP contribution >= 0.6 is 23.4 Å². The molecule has 118 valence electrons. The van der Waals surface area contributed by atoms with E-state index in [1.807, 2.05) is 48.5 Å². The van der Waals surface area contributed by atoms with Crippen LogP contribution in [0.3, 0.4) is 0 Å². The monoisotopic (exact) mass is 353 g/mol. The summed E-state index contributed by atoms with van der Waals surface area (Å²) in [6, 6.07) is 19.5. The molecule has 4 rings (SSSR count). The number of para-hydroxylation sites is 1. The van der Waals surface area contributed by atoms with Crippen LogP contribution in [0.1, 0.15) is 5.89 Å². The van der Waals surface area contributed by atoms with Crippen LogP contribution in [-0.2, 0) is 5.75 Å². The highest BCUT2D eigenvalue weighted by Gasteiger charge is 2.12. The SMILES string of the molecule is Clc1ccccc1-c1nnc(CSc2ccc3ccccc3n2)o1. The molecule has 4 nitrogen and oxygen atoms in total. The summed E-state index contributed by atoms with van der Waals surface area (Å²) in [6.07, 6.45) is 0. The van der Waals surface area contributed by atoms with Crippen molar-refractivity contribution in [2.45, 2.75) is 10.8 Å². The Morgan fingerprint density at radius 1 is 0.917 bits per heavy atom. The maximum Gasteiger partial charge on any atom is 0.249 e. The molecule has 0 N–H and O–H groups in total. The predicted octanol–water partition coefficient (Wildman–Crippen LogP) is 5.23. The lowest BCUT2D eigenvalue weighted by Crippen LogP contribution is -1.85. The van der Waals surface area contributed by atoms with Crippen molar-refractivity contribution < 1.29 is 4.42 Å². The Morgan fingerprint density at radius 3 is 2.67 bits per heavy atom. The van der Waals surface area contributed by atoms with Gasteiger partial charge in [-0.25, -0.2) is 4.98 Å². The number of aromatic nitrogens is 3. The van der Waals surface area contributed by atoms with Crippen molar-refractivity contribution in [1.82, 2.24) is 15.2 Å². The summed E-state index contributed by atoms with van der Waals surface area (Å²) < 4.78 is 5.70. The van der Waals surface area contributed by atoms with E-state index >= 15 is 0 Å². The molecule has 24 heavy (non-hydrogen) atoms. The smallest absolute Gasteiger partial charge is 0.249 e. The van der Waals surface area contributed by atoms with Gasteiger partial charge in [-0.3, -0.25) is 0 Å². The van der Waals surface area contributed by atoms with Gasteiger partial charge in [-0.1, -0.05) is 59.8 Å². The van der Waals surface area contributed by atoms with Gasteiger partial charge >= 0.3 is 0 Å². The Labute approximate surface area is 147 Å². The van der Waals surface area contributed by atoms with Crippen molar-refractivity contribution in [3.8, 4) is 11.5 Å². The highest BCUT2D eigenvalue weighted by atomic mass is 35.5. The van der Waals surface area contributed by atoms with Crippen molar-refractivity contribution in [3.63, 3.8) is 0 Å². The molecule has 0 saturated heterocycles. The number of pyridine rings is 1. The highest BCUT2D eigenvalue weighted by molar-refractivity contribution is 7.98. The first-order chi connectivity index (χ1) is 11.8. The first-order valence-corrected chi connectivity index (χ1v) is 8.72. The quantitative estimate of drug-likeness (QED) is 0.470. The normalized spacial score (nSPS) is 11.0. The number of hydrogen-bond donors (Lipinski definition) is 0. The lowest BCUT2D eigenvalue weighted by Gasteiger charge is -2.01. The summed E-state index contributed by atoms with van der Waals surface area (Å²) in [5.74, 6) is 1.54. The summed E-state index contributed by atoms with van der Waals surface area (Å²) in [7, 11) is 0. The molecule has 4 aromatic rings. The van der Waals surface area contributed by atoms with Gasteiger partial charge in [0.15, 0.2) is 0 Å². The first kappa shape index (κ1) is 15.2. The Morgan fingerprint density at radius 2 is 1.75 bits per heavy atom. The van der Waals surface area contributed by atoms with Crippen LogP contribution in [0.5, 0.6) is 0 Å². The standard InChI is InChI=1S/C18H12ClN3OS/c19-14-7-3-2-6-13(14)18-22-21-16(23-18)11-24-17-10-9-12-5-1-4-8-15(12)20-17/h1-10H,11H2. The summed E-state index contributed by atoms with van der Waals surface area (Å²) >= 11 is 7.71. The Kier molecular flexibility index (Phi) is 4.19. The number of benzene rings is 2. The van der Waals surface area contributed by atoms with Gasteiger partial charge in [-0.15, -0.1) is 10.2 Å². The van der Waals surface area contributed by atoms with E-state index in [9.17, 15) is 0 Å². The molecule has 6 heteroatoms. The zero-order valence-corrected chi connectivity index (χ0v) is 14.1. The van der Waals surface area contributed by atoms with Gasteiger partial charge in [0.25, 0.3) is 0 Å². The van der Waals surface area contributed by atoms with E-state index in [0.717, 1.165) is 21.5 Å². The summed E-state index contributed by atoms with van der Waals surface area (Å²) in [6.45, 7) is 0. The maximum absolute atomic E-state index is 6.15. The summed E-state index contributed by atoms with van der Waals surface area (Å²) in [5.41, 5.74) is 1.72. The number of halogens is 1. The molecule has 0 bridgehead atoms. The second-order valence-corrected chi connectivity index (χ2v) is 6.51. The molecule has 0 atom stereocenters. The minimum Gasteiger partial charge on any atom is -0.420 e. The van der Waals surface area contributed by atoms with E-state index < -0.39 is 0 Å². The fraction of sp³-hybridized carbons (Fsp3) is 0.0556. The summed E-state index contributed by atoms with van der Waals surface area (Å²) in [4.78, 5) is 4.62. The molecule has 0 aliphatic rings. The highest BCUT2D eigenvalue weighted by Crippen LogP contribution is 2.28. The summed E-state index contributed by atoms with van der Waals surface area (Å²) in [5, 5.41) is 10.8. The van der Waals surface area contributed by atoms with E-state index in [-0.39, 0.29) is 0 Å². The van der Waals surface area contributed by atoms with Crippen LogP contribution in [0, 0.1) is 0 Å². The fourth-order valence-electron chi connectivity index (χ4n) is 2.32. The van der Waals surface area contributed by atoms with Gasteiger partial charge in [-0.2, -0.15) is 0 Å². The van der Waals surface area contributed by atoms with Crippen LogP contribution in [0.2, 0.25) is 5.02 Å². The second kappa shape index (κ2) is 6.63. The first-order valence-electron chi connectivity index (χ1n) is 7.35. The molecule has 0 saturated carbocycles. The third kappa shape index (κ3) is 3.13. The largest absolute Gasteiger partial charge is 0.420 e. The number of hydrogen-bond acceptors (Lipinski definition) is 5. The molecular formula is C18H12ClN3OS. The van der Waals surface area contributed by atoms with Crippen LogP contribution in [-0.4, -0.2) is 15.2 Å². The molecule has 0 aliphatic heterocycles. The average molecular weight is 354 g/mol. The number of nitrogens with zero attached hydrogens (tertiary/aromatic N) is 3. The van der Waals surface area contributed by atoms with Gasteiger partial charge in [0.05, 0.1) is 26.9 Å². The minimum atomic E-state index is 0.433. The third-order valence-electron chi connectivity index (χ3n) is 3.49. The maximum atomic E-state index is 6.15. The van der Waals surface area contributed by atoms with Crippen molar-refractivity contribution in [2.24, 2.45) is 0 Å². The second-order valence-electron chi connectivity index (χ2n) is 5.11. The Hall–Kier alpha value is -2.37. The average Bonchev–Trinajstić information content (AvgIpc) is 3.09. The molecule has 2 aromatic heterocycles. The fourth-order valence-corrected chi connectivity index (χ4v) is 3.25. The zero-order valence-electron chi connectivity index (χ0n) is 12.5. The zero-order chi connectivity index (χ0) is 16.4. The number of fused-ring (bicyclic) bond motifs is 1. The molecule has 0 spiro atoms. The molecule has 0 amide bonds. The molecule has 0 radical (unpaired) electrons. The van der Waals surface area contributed by atoms with Crippen LogP contribution in [0.15, 0.2) is 70.1 Å². The van der Waals surface area contributed by atoms with Crippen molar-refractivity contribution in [2.75, 3.05) is 0 Å². The minimum absolute atomic E-state index is 0.433. The Bertz CT molecular complexity index is 1000. The predicted molar refractivity (Wildman–Crippen MR) is 96.0 cm³/mol.